The highest BCUT2D eigenvalue weighted by Crippen LogP contribution is 2.25. The van der Waals surface area contributed by atoms with Gasteiger partial charge in [0.15, 0.2) is 0 Å². The topological polar surface area (TPSA) is 38.3 Å². The maximum atomic E-state index is 11.9. The van der Waals surface area contributed by atoms with E-state index in [4.69, 9.17) is 27.9 Å². The van der Waals surface area contributed by atoms with Gasteiger partial charge in [0, 0.05) is 24.2 Å². The summed E-state index contributed by atoms with van der Waals surface area (Å²) in [6, 6.07) is 10.8. The van der Waals surface area contributed by atoms with Gasteiger partial charge in [0.05, 0.1) is 9.21 Å². The number of amides is 1. The Bertz CT molecular complexity index is 600. The minimum atomic E-state index is -0.289. The van der Waals surface area contributed by atoms with Gasteiger partial charge in [-0.25, -0.2) is 0 Å². The Kier molecular flexibility index (Phi) is 5.43. The van der Waals surface area contributed by atoms with Gasteiger partial charge >= 0.3 is 0 Å². The first-order valence-electron chi connectivity index (χ1n) is 5.92. The summed E-state index contributed by atoms with van der Waals surface area (Å²) in [5.41, 5.74) is 0.848. The second kappa shape index (κ2) is 7.09. The van der Waals surface area contributed by atoms with E-state index in [9.17, 15) is 4.79 Å². The number of halogens is 2. The maximum Gasteiger partial charge on any atom is 0.261 e. The molecule has 0 aliphatic carbocycles. The molecular weight excluding hydrogens is 317 g/mol. The van der Waals surface area contributed by atoms with Crippen molar-refractivity contribution >= 4 is 40.4 Å². The van der Waals surface area contributed by atoms with Crippen LogP contribution in [0.4, 0.5) is 0 Å². The van der Waals surface area contributed by atoms with Crippen molar-refractivity contribution in [3.05, 3.63) is 56.2 Å². The number of ether oxygens (including phenoxy) is 1. The van der Waals surface area contributed by atoms with Crippen molar-refractivity contribution in [1.82, 2.24) is 5.32 Å². The fourth-order valence-electron chi connectivity index (χ4n) is 1.77. The molecule has 20 heavy (non-hydrogen) atoms. The molecule has 1 N–H and O–H groups in total. The molecule has 6 heteroatoms. The van der Waals surface area contributed by atoms with E-state index in [1.807, 2.05) is 18.2 Å². The first kappa shape index (κ1) is 15.3. The molecule has 0 saturated heterocycles. The standard InChI is InChI=1S/C14H13Cl2NO2S/c1-19-11(9-4-2-3-5-10(9)15)8-17-14(18)12-6-7-13(16)20-12/h2-7,11H,8H2,1H3,(H,17,18). The number of hydrogen-bond acceptors (Lipinski definition) is 3. The molecule has 1 heterocycles. The van der Waals surface area contributed by atoms with Crippen molar-refractivity contribution in [3.8, 4) is 0 Å². The van der Waals surface area contributed by atoms with Crippen molar-refractivity contribution in [2.45, 2.75) is 6.10 Å². The van der Waals surface area contributed by atoms with Crippen LogP contribution in [0.2, 0.25) is 9.36 Å². The van der Waals surface area contributed by atoms with Gasteiger partial charge in [-0.3, -0.25) is 4.79 Å². The summed E-state index contributed by atoms with van der Waals surface area (Å²) in [5.74, 6) is -0.170. The van der Waals surface area contributed by atoms with Crippen molar-refractivity contribution in [2.24, 2.45) is 0 Å². The van der Waals surface area contributed by atoms with Crippen LogP contribution in [-0.4, -0.2) is 19.6 Å². The third kappa shape index (κ3) is 3.73. The molecule has 1 amide bonds. The van der Waals surface area contributed by atoms with Crippen LogP contribution in [0.15, 0.2) is 36.4 Å². The lowest BCUT2D eigenvalue weighted by Gasteiger charge is -2.17. The fraction of sp³-hybridized carbons (Fsp3) is 0.214. The van der Waals surface area contributed by atoms with Gasteiger partial charge in [0.1, 0.15) is 6.10 Å². The number of benzene rings is 1. The zero-order valence-electron chi connectivity index (χ0n) is 10.7. The monoisotopic (exact) mass is 329 g/mol. The van der Waals surface area contributed by atoms with Crippen molar-refractivity contribution in [2.75, 3.05) is 13.7 Å². The van der Waals surface area contributed by atoms with Crippen LogP contribution >= 0.6 is 34.5 Å². The van der Waals surface area contributed by atoms with E-state index in [2.05, 4.69) is 5.32 Å². The minimum Gasteiger partial charge on any atom is -0.375 e. The molecule has 2 aromatic rings. The highest BCUT2D eigenvalue weighted by Gasteiger charge is 2.16. The van der Waals surface area contributed by atoms with Crippen molar-refractivity contribution in [3.63, 3.8) is 0 Å². The SMILES string of the molecule is COC(CNC(=O)c1ccc(Cl)s1)c1ccccc1Cl. The second-order valence-electron chi connectivity index (χ2n) is 4.06. The lowest BCUT2D eigenvalue weighted by Crippen LogP contribution is -2.28. The number of carbonyl (C=O) groups is 1. The number of carbonyl (C=O) groups excluding carboxylic acids is 1. The molecule has 0 saturated carbocycles. The van der Waals surface area contributed by atoms with E-state index in [1.165, 1.54) is 11.3 Å². The van der Waals surface area contributed by atoms with Gasteiger partial charge in [0.2, 0.25) is 0 Å². The van der Waals surface area contributed by atoms with E-state index in [-0.39, 0.29) is 12.0 Å². The highest BCUT2D eigenvalue weighted by atomic mass is 35.5. The summed E-state index contributed by atoms with van der Waals surface area (Å²) in [6.45, 7) is 0.342. The molecule has 0 fully saturated rings. The second-order valence-corrected chi connectivity index (χ2v) is 6.18. The summed E-state index contributed by atoms with van der Waals surface area (Å²) < 4.78 is 5.97. The highest BCUT2D eigenvalue weighted by molar-refractivity contribution is 7.17. The lowest BCUT2D eigenvalue weighted by molar-refractivity contribution is 0.0831. The summed E-state index contributed by atoms with van der Waals surface area (Å²) >= 11 is 13.2. The Balaban J connectivity index is 2.01. The van der Waals surface area contributed by atoms with Gasteiger partial charge in [-0.15, -0.1) is 11.3 Å². The Morgan fingerprint density at radius 2 is 2.05 bits per heavy atom. The minimum absolute atomic E-state index is 0.170. The predicted octanol–water partition coefficient (Wildman–Crippen LogP) is 4.17. The number of methoxy groups -OCH3 is 1. The van der Waals surface area contributed by atoms with E-state index in [0.717, 1.165) is 5.56 Å². The average Bonchev–Trinajstić information content (AvgIpc) is 2.88. The summed E-state index contributed by atoms with van der Waals surface area (Å²) in [4.78, 5) is 12.5. The van der Waals surface area contributed by atoms with Gasteiger partial charge in [0.25, 0.3) is 5.91 Å². The maximum absolute atomic E-state index is 11.9. The van der Waals surface area contributed by atoms with Crippen molar-refractivity contribution < 1.29 is 9.53 Å². The normalized spacial score (nSPS) is 12.2. The first-order chi connectivity index (χ1) is 9.61. The average molecular weight is 330 g/mol. The number of hydrogen-bond donors (Lipinski definition) is 1. The molecule has 1 aromatic carbocycles. The van der Waals surface area contributed by atoms with Gasteiger partial charge in [-0.05, 0) is 18.2 Å². The van der Waals surface area contributed by atoms with Crippen LogP contribution < -0.4 is 5.32 Å². The molecule has 106 valence electrons. The largest absolute Gasteiger partial charge is 0.375 e. The quantitative estimate of drug-likeness (QED) is 0.893. The van der Waals surface area contributed by atoms with E-state index < -0.39 is 0 Å². The smallest absolute Gasteiger partial charge is 0.261 e. The number of rotatable bonds is 5. The van der Waals surface area contributed by atoms with Crippen LogP contribution in [0.1, 0.15) is 21.3 Å². The number of thiophene rings is 1. The van der Waals surface area contributed by atoms with Gasteiger partial charge in [-0.1, -0.05) is 41.4 Å². The van der Waals surface area contributed by atoms with Crippen LogP contribution in [0.5, 0.6) is 0 Å². The van der Waals surface area contributed by atoms with Gasteiger partial charge < -0.3 is 10.1 Å². The molecule has 1 unspecified atom stereocenters. The molecule has 0 aliphatic heterocycles. The first-order valence-corrected chi connectivity index (χ1v) is 7.50. The third-order valence-electron chi connectivity index (χ3n) is 2.78. The van der Waals surface area contributed by atoms with Gasteiger partial charge in [-0.2, -0.15) is 0 Å². The zero-order chi connectivity index (χ0) is 14.5. The van der Waals surface area contributed by atoms with Crippen LogP contribution in [0.25, 0.3) is 0 Å². The molecule has 1 atom stereocenters. The van der Waals surface area contributed by atoms with Crippen LogP contribution in [0.3, 0.4) is 0 Å². The summed E-state index contributed by atoms with van der Waals surface area (Å²) in [6.07, 6.45) is -0.289. The molecule has 1 aromatic heterocycles. The Hall–Kier alpha value is -1.07. The summed E-state index contributed by atoms with van der Waals surface area (Å²) in [5, 5.41) is 3.44. The van der Waals surface area contributed by atoms with Crippen molar-refractivity contribution in [1.29, 1.82) is 0 Å². The van der Waals surface area contributed by atoms with Crippen LogP contribution in [-0.2, 0) is 4.74 Å². The Morgan fingerprint density at radius 1 is 1.30 bits per heavy atom. The third-order valence-corrected chi connectivity index (χ3v) is 4.36. The van der Waals surface area contributed by atoms with E-state index in [0.29, 0.717) is 20.8 Å². The molecule has 2 rings (SSSR count). The lowest BCUT2D eigenvalue weighted by atomic mass is 10.1. The van der Waals surface area contributed by atoms with E-state index >= 15 is 0 Å². The molecule has 0 radical (unpaired) electrons. The fourth-order valence-corrected chi connectivity index (χ4v) is 2.98. The molecule has 0 spiro atoms. The Labute approximate surface area is 131 Å². The predicted molar refractivity (Wildman–Crippen MR) is 82.9 cm³/mol. The number of nitrogens with one attached hydrogen (secondary N) is 1. The van der Waals surface area contributed by atoms with Crippen LogP contribution in [0, 0.1) is 0 Å². The molecule has 3 nitrogen and oxygen atoms in total. The van der Waals surface area contributed by atoms with E-state index in [1.54, 1.807) is 25.3 Å². The zero-order valence-corrected chi connectivity index (χ0v) is 13.1. The molecule has 0 aliphatic rings. The summed E-state index contributed by atoms with van der Waals surface area (Å²) in [7, 11) is 1.59. The molecular formula is C14H13Cl2NO2S. The molecule has 0 bridgehead atoms. The Morgan fingerprint density at radius 3 is 2.65 bits per heavy atom.